The molecule has 0 amide bonds. The Morgan fingerprint density at radius 3 is 1.95 bits per heavy atom. The molecule has 1 aromatic heterocycles. The van der Waals surface area contributed by atoms with Gasteiger partial charge in [0.1, 0.15) is 5.75 Å². The van der Waals surface area contributed by atoms with Crippen molar-refractivity contribution in [2.45, 2.75) is 22.9 Å². The number of rotatable bonds is 9. The van der Waals surface area contributed by atoms with Crippen molar-refractivity contribution in [2.75, 3.05) is 37.7 Å². The first-order valence-corrected chi connectivity index (χ1v) is 16.6. The van der Waals surface area contributed by atoms with E-state index < -0.39 is 9.84 Å². The number of benzene rings is 4. The molecule has 0 aliphatic carbocycles. The summed E-state index contributed by atoms with van der Waals surface area (Å²) >= 11 is 3.40. The molecule has 7 nitrogen and oxygen atoms in total. The van der Waals surface area contributed by atoms with Crippen molar-refractivity contribution in [3.8, 4) is 17.2 Å². The van der Waals surface area contributed by atoms with Crippen LogP contribution in [-0.4, -0.2) is 51.1 Å². The monoisotopic (exact) mass is 657 g/mol. The highest BCUT2D eigenvalue weighted by Gasteiger charge is 2.34. The number of halogens is 1. The fourth-order valence-electron chi connectivity index (χ4n) is 5.45. The molecule has 9 heteroatoms. The molecule has 1 fully saturated rings. The van der Waals surface area contributed by atoms with Crippen LogP contribution in [0.15, 0.2) is 128 Å². The molecule has 1 aliphatic rings. The maximum atomic E-state index is 13.9. The average Bonchev–Trinajstić information content (AvgIpc) is 3.50. The van der Waals surface area contributed by atoms with Crippen molar-refractivity contribution in [2.24, 2.45) is 0 Å². The van der Waals surface area contributed by atoms with E-state index in [9.17, 15) is 8.42 Å². The van der Waals surface area contributed by atoms with Gasteiger partial charge in [-0.05, 0) is 66.6 Å². The molecule has 0 N–H and O–H groups in total. The van der Waals surface area contributed by atoms with Gasteiger partial charge >= 0.3 is 0 Å². The van der Waals surface area contributed by atoms with Crippen LogP contribution in [0.1, 0.15) is 24.1 Å². The molecule has 43 heavy (non-hydrogen) atoms. The molecule has 0 unspecified atom stereocenters. The maximum Gasteiger partial charge on any atom is 0.236 e. The first-order chi connectivity index (χ1) is 20.9. The van der Waals surface area contributed by atoms with E-state index in [-0.39, 0.29) is 27.7 Å². The molecule has 0 saturated carbocycles. The summed E-state index contributed by atoms with van der Waals surface area (Å²) in [6.45, 7) is 5.07. The topological polar surface area (TPSA) is 75.9 Å². The summed E-state index contributed by atoms with van der Waals surface area (Å²) in [7, 11) is -3.96. The van der Waals surface area contributed by atoms with E-state index in [1.807, 2.05) is 48.2 Å². The van der Waals surface area contributed by atoms with Gasteiger partial charge in [0.15, 0.2) is 0 Å². The average molecular weight is 659 g/mol. The second-order valence-corrected chi connectivity index (χ2v) is 13.1. The Kier molecular flexibility index (Phi) is 8.65. The first-order valence-electron chi connectivity index (χ1n) is 14.3. The van der Waals surface area contributed by atoms with Gasteiger partial charge in [-0.15, -0.1) is 0 Å². The number of sulfone groups is 1. The van der Waals surface area contributed by atoms with E-state index >= 15 is 0 Å². The molecule has 0 atom stereocenters. The molecule has 0 radical (unpaired) electrons. The van der Waals surface area contributed by atoms with Gasteiger partial charge in [0.25, 0.3) is 0 Å². The highest BCUT2D eigenvalue weighted by molar-refractivity contribution is 9.10. The summed E-state index contributed by atoms with van der Waals surface area (Å²) < 4.78 is 40.6. The highest BCUT2D eigenvalue weighted by Crippen LogP contribution is 2.37. The Balaban J connectivity index is 1.33. The van der Waals surface area contributed by atoms with Crippen LogP contribution < -0.4 is 9.64 Å². The summed E-state index contributed by atoms with van der Waals surface area (Å²) in [5.74, 6) is 1.24. The zero-order chi connectivity index (χ0) is 29.8. The number of hydrogen-bond acceptors (Lipinski definition) is 7. The van der Waals surface area contributed by atoms with E-state index in [1.165, 1.54) is 11.1 Å². The minimum absolute atomic E-state index is 0.0742. The van der Waals surface area contributed by atoms with Crippen molar-refractivity contribution in [1.82, 2.24) is 9.88 Å². The third kappa shape index (κ3) is 6.25. The van der Waals surface area contributed by atoms with E-state index in [2.05, 4.69) is 74.3 Å². The number of oxazole rings is 1. The van der Waals surface area contributed by atoms with Crippen molar-refractivity contribution in [3.05, 3.63) is 125 Å². The minimum Gasteiger partial charge on any atom is -0.494 e. The van der Waals surface area contributed by atoms with Gasteiger partial charge < -0.3 is 14.1 Å². The van der Waals surface area contributed by atoms with Crippen LogP contribution in [0, 0.1) is 0 Å². The largest absolute Gasteiger partial charge is 0.494 e. The lowest BCUT2D eigenvalue weighted by Crippen LogP contribution is -2.48. The molecule has 1 saturated heterocycles. The second kappa shape index (κ2) is 12.8. The number of piperazine rings is 1. The predicted octanol–water partition coefficient (Wildman–Crippen LogP) is 7.25. The third-order valence-electron chi connectivity index (χ3n) is 7.57. The molecular weight excluding hydrogens is 626 g/mol. The summed E-state index contributed by atoms with van der Waals surface area (Å²) in [4.78, 5) is 9.19. The van der Waals surface area contributed by atoms with Crippen LogP contribution >= 0.6 is 15.9 Å². The smallest absolute Gasteiger partial charge is 0.236 e. The van der Waals surface area contributed by atoms with Gasteiger partial charge in [-0.3, -0.25) is 4.90 Å². The summed E-state index contributed by atoms with van der Waals surface area (Å²) in [5.41, 5.74) is 3.12. The Bertz CT molecular complexity index is 1710. The Morgan fingerprint density at radius 1 is 0.814 bits per heavy atom. The lowest BCUT2D eigenvalue weighted by atomic mass is 9.96. The van der Waals surface area contributed by atoms with Gasteiger partial charge in [-0.1, -0.05) is 76.6 Å². The van der Waals surface area contributed by atoms with Crippen molar-refractivity contribution in [1.29, 1.82) is 0 Å². The predicted molar refractivity (Wildman–Crippen MR) is 171 cm³/mol. The van der Waals surface area contributed by atoms with Gasteiger partial charge in [-0.2, -0.15) is 4.98 Å². The van der Waals surface area contributed by atoms with E-state index in [4.69, 9.17) is 9.15 Å². The molecule has 220 valence electrons. The van der Waals surface area contributed by atoms with E-state index in [1.54, 1.807) is 24.3 Å². The van der Waals surface area contributed by atoms with Gasteiger partial charge in [0.2, 0.25) is 26.6 Å². The van der Waals surface area contributed by atoms with Crippen LogP contribution in [-0.2, 0) is 9.84 Å². The first kappa shape index (κ1) is 29.2. The molecule has 6 rings (SSSR count). The maximum absolute atomic E-state index is 13.9. The summed E-state index contributed by atoms with van der Waals surface area (Å²) in [6.07, 6.45) is 0. The van der Waals surface area contributed by atoms with Crippen molar-refractivity contribution in [3.63, 3.8) is 0 Å². The standard InChI is InChI=1S/C34H32BrN3O4S/c1-2-41-29-17-13-27(14-18-29)32-36-33(43(39,40)30-19-15-28(35)16-20-30)34(42-32)38-23-21-37(22-24-38)31(25-9-5-3-6-10-25)26-11-7-4-8-12-26/h3-20,31H,2,21-24H2,1H3. The number of ether oxygens (including phenoxy) is 1. The van der Waals surface area contributed by atoms with Crippen LogP contribution in [0.5, 0.6) is 5.75 Å². The van der Waals surface area contributed by atoms with Gasteiger partial charge in [0.05, 0.1) is 17.5 Å². The third-order valence-corrected chi connectivity index (χ3v) is 9.76. The van der Waals surface area contributed by atoms with Crippen LogP contribution in [0.2, 0.25) is 0 Å². The van der Waals surface area contributed by atoms with E-state index in [0.717, 1.165) is 10.2 Å². The normalized spacial score (nSPS) is 14.3. The fourth-order valence-corrected chi connectivity index (χ4v) is 7.04. The zero-order valence-electron chi connectivity index (χ0n) is 23.8. The van der Waals surface area contributed by atoms with Crippen LogP contribution in [0.3, 0.4) is 0 Å². The van der Waals surface area contributed by atoms with Crippen molar-refractivity contribution >= 4 is 31.7 Å². The van der Waals surface area contributed by atoms with Crippen molar-refractivity contribution < 1.29 is 17.6 Å². The Labute approximate surface area is 260 Å². The molecule has 1 aliphatic heterocycles. The van der Waals surface area contributed by atoms with Gasteiger partial charge in [-0.25, -0.2) is 8.42 Å². The summed E-state index contributed by atoms with van der Waals surface area (Å²) in [5, 5.41) is -0.0742. The van der Waals surface area contributed by atoms with Gasteiger partial charge in [0, 0.05) is 36.2 Å². The molecule has 4 aromatic carbocycles. The number of anilines is 1. The summed E-state index contributed by atoms with van der Waals surface area (Å²) in [6, 6.07) is 35.0. The fraction of sp³-hybridized carbons (Fsp3) is 0.206. The van der Waals surface area contributed by atoms with E-state index in [0.29, 0.717) is 38.3 Å². The molecule has 5 aromatic rings. The number of aromatic nitrogens is 1. The highest BCUT2D eigenvalue weighted by atomic mass is 79.9. The number of hydrogen-bond donors (Lipinski definition) is 0. The number of nitrogens with zero attached hydrogens (tertiary/aromatic N) is 3. The SMILES string of the molecule is CCOc1ccc(-c2nc(S(=O)(=O)c3ccc(Br)cc3)c(N3CCN(C(c4ccccc4)c4ccccc4)CC3)o2)cc1. The zero-order valence-corrected chi connectivity index (χ0v) is 26.2. The lowest BCUT2D eigenvalue weighted by molar-refractivity contribution is 0.209. The quantitative estimate of drug-likeness (QED) is 0.165. The minimum atomic E-state index is -3.96. The van der Waals surface area contributed by atoms with Crippen LogP contribution in [0.4, 0.5) is 5.88 Å². The Hall–Kier alpha value is -3.92. The molecule has 0 bridgehead atoms. The van der Waals surface area contributed by atoms with Crippen LogP contribution in [0.25, 0.3) is 11.5 Å². The Morgan fingerprint density at radius 2 is 1.40 bits per heavy atom. The molecule has 2 heterocycles. The second-order valence-electron chi connectivity index (χ2n) is 10.3. The molecular formula is C34H32BrN3O4S. The molecule has 0 spiro atoms. The lowest BCUT2D eigenvalue weighted by Gasteiger charge is -2.39.